The zero-order valence-electron chi connectivity index (χ0n) is 12.4. The van der Waals surface area contributed by atoms with Crippen molar-refractivity contribution in [1.29, 1.82) is 0 Å². The van der Waals surface area contributed by atoms with E-state index in [0.29, 0.717) is 0 Å². The number of aromatic nitrogens is 1. The molecule has 0 aliphatic rings. The first kappa shape index (κ1) is 15.2. The third-order valence-corrected chi connectivity index (χ3v) is 3.73. The monoisotopic (exact) mass is 323 g/mol. The summed E-state index contributed by atoms with van der Waals surface area (Å²) in [4.78, 5) is 0. The van der Waals surface area contributed by atoms with Gasteiger partial charge in [0.2, 0.25) is 5.11 Å². The molecule has 3 aromatic rings. The Morgan fingerprint density at radius 2 is 1.87 bits per heavy atom. The molecule has 5 nitrogen and oxygen atoms in total. The fourth-order valence-electron chi connectivity index (χ4n) is 2.48. The van der Waals surface area contributed by atoms with Gasteiger partial charge in [-0.05, 0) is 23.8 Å². The molecule has 116 valence electrons. The summed E-state index contributed by atoms with van der Waals surface area (Å²) in [5.74, 6) is 5.20. The van der Waals surface area contributed by atoms with E-state index >= 15 is 0 Å². The van der Waals surface area contributed by atoms with E-state index in [9.17, 15) is 0 Å². The van der Waals surface area contributed by atoms with Crippen LogP contribution < -0.4 is 16.7 Å². The largest absolute Gasteiger partial charge is 0.342 e. The lowest BCUT2D eigenvalue weighted by atomic mass is 10.2. The highest BCUT2D eigenvalue weighted by Gasteiger charge is 2.06. The van der Waals surface area contributed by atoms with Gasteiger partial charge in [-0.15, -0.1) is 0 Å². The Bertz CT molecular complexity index is 839. The van der Waals surface area contributed by atoms with Crippen molar-refractivity contribution in [2.24, 2.45) is 10.9 Å². The molecular weight excluding hydrogens is 306 g/mol. The summed E-state index contributed by atoms with van der Waals surface area (Å²) >= 11 is 4.89. The molecule has 6 heteroatoms. The average Bonchev–Trinajstić information content (AvgIpc) is 2.94. The van der Waals surface area contributed by atoms with E-state index in [0.717, 1.165) is 23.0 Å². The Morgan fingerprint density at radius 3 is 2.65 bits per heavy atom. The number of nitrogens with zero attached hydrogens (tertiary/aromatic N) is 2. The summed E-state index contributed by atoms with van der Waals surface area (Å²) in [5.41, 5.74) is 8.42. The van der Waals surface area contributed by atoms with Crippen LogP contribution in [-0.4, -0.2) is 15.9 Å². The van der Waals surface area contributed by atoms with Crippen molar-refractivity contribution in [3.63, 3.8) is 0 Å². The second-order valence-electron chi connectivity index (χ2n) is 5.06. The van der Waals surface area contributed by atoms with Gasteiger partial charge in [-0.3, -0.25) is 10.9 Å². The Hall–Kier alpha value is -2.70. The molecule has 0 radical (unpaired) electrons. The van der Waals surface area contributed by atoms with Crippen LogP contribution >= 0.6 is 12.2 Å². The molecule has 1 aromatic heterocycles. The predicted octanol–water partition coefficient (Wildman–Crippen LogP) is 2.36. The number of benzene rings is 2. The standard InChI is InChI=1S/C17H17N5S/c18-20-17(23)21-19-10-14-12-22(11-13-6-2-1-3-7-13)16-9-5-4-8-15(14)16/h1-10,12H,11,18H2,(H2,20,21,23)/b19-10+. The van der Waals surface area contributed by atoms with Gasteiger partial charge < -0.3 is 4.57 Å². The highest BCUT2D eigenvalue weighted by molar-refractivity contribution is 7.80. The topological polar surface area (TPSA) is 67.4 Å². The van der Waals surface area contributed by atoms with Gasteiger partial charge in [-0.25, -0.2) is 5.84 Å². The molecule has 0 aliphatic carbocycles. The van der Waals surface area contributed by atoms with Crippen molar-refractivity contribution in [2.45, 2.75) is 6.54 Å². The highest BCUT2D eigenvalue weighted by Crippen LogP contribution is 2.21. The number of thiocarbonyl (C=S) groups is 1. The maximum absolute atomic E-state index is 5.20. The lowest BCUT2D eigenvalue weighted by Crippen LogP contribution is -2.37. The Balaban J connectivity index is 1.92. The van der Waals surface area contributed by atoms with E-state index in [1.165, 1.54) is 5.56 Å². The van der Waals surface area contributed by atoms with E-state index in [1.54, 1.807) is 6.21 Å². The van der Waals surface area contributed by atoms with Gasteiger partial charge >= 0.3 is 0 Å². The van der Waals surface area contributed by atoms with Crippen LogP contribution in [0.15, 0.2) is 65.9 Å². The van der Waals surface area contributed by atoms with E-state index < -0.39 is 0 Å². The minimum atomic E-state index is 0.272. The molecule has 23 heavy (non-hydrogen) atoms. The van der Waals surface area contributed by atoms with Gasteiger partial charge in [0.15, 0.2) is 0 Å². The van der Waals surface area contributed by atoms with Crippen molar-refractivity contribution < 1.29 is 0 Å². The molecule has 0 atom stereocenters. The van der Waals surface area contributed by atoms with Crippen LogP contribution in [0, 0.1) is 0 Å². The van der Waals surface area contributed by atoms with Crippen LogP contribution in [0.1, 0.15) is 11.1 Å². The third kappa shape index (κ3) is 3.56. The number of para-hydroxylation sites is 1. The second-order valence-corrected chi connectivity index (χ2v) is 5.47. The minimum absolute atomic E-state index is 0.272. The fourth-order valence-corrected chi connectivity index (χ4v) is 2.53. The number of nitrogens with one attached hydrogen (secondary N) is 2. The van der Waals surface area contributed by atoms with Crippen LogP contribution in [0.3, 0.4) is 0 Å². The first-order valence-corrected chi connectivity index (χ1v) is 7.60. The molecule has 0 amide bonds. The van der Waals surface area contributed by atoms with Crippen molar-refractivity contribution in [3.05, 3.63) is 71.9 Å². The molecule has 4 N–H and O–H groups in total. The maximum Gasteiger partial charge on any atom is 0.201 e. The Kier molecular flexibility index (Phi) is 4.65. The number of hydrazine groups is 1. The fraction of sp³-hybridized carbons (Fsp3) is 0.0588. The van der Waals surface area contributed by atoms with Crippen molar-refractivity contribution >= 4 is 34.4 Å². The number of fused-ring (bicyclic) bond motifs is 1. The summed E-state index contributed by atoms with van der Waals surface area (Å²) in [6, 6.07) is 18.6. The van der Waals surface area contributed by atoms with E-state index in [2.05, 4.69) is 51.0 Å². The molecule has 3 rings (SSSR count). The molecule has 0 saturated carbocycles. The number of hydrogen-bond acceptors (Lipinski definition) is 3. The molecule has 0 spiro atoms. The molecule has 0 unspecified atom stereocenters. The number of hydrazone groups is 1. The average molecular weight is 323 g/mol. The zero-order chi connectivity index (χ0) is 16.1. The summed E-state index contributed by atoms with van der Waals surface area (Å²) in [6.07, 6.45) is 3.83. The van der Waals surface area contributed by atoms with Gasteiger partial charge in [-0.2, -0.15) is 5.10 Å². The van der Waals surface area contributed by atoms with Gasteiger partial charge in [0.1, 0.15) is 0 Å². The number of hydrogen-bond donors (Lipinski definition) is 3. The number of nitrogens with two attached hydrogens (primary N) is 1. The lowest BCUT2D eigenvalue weighted by molar-refractivity contribution is 0.836. The van der Waals surface area contributed by atoms with Crippen LogP contribution in [0.2, 0.25) is 0 Å². The van der Waals surface area contributed by atoms with E-state index in [-0.39, 0.29) is 5.11 Å². The molecule has 1 heterocycles. The highest BCUT2D eigenvalue weighted by atomic mass is 32.1. The predicted molar refractivity (Wildman–Crippen MR) is 98.1 cm³/mol. The first-order valence-electron chi connectivity index (χ1n) is 7.19. The molecule has 2 aromatic carbocycles. The van der Waals surface area contributed by atoms with Crippen molar-refractivity contribution in [2.75, 3.05) is 0 Å². The first-order chi connectivity index (χ1) is 11.3. The minimum Gasteiger partial charge on any atom is -0.342 e. The van der Waals surface area contributed by atoms with Gasteiger partial charge in [-0.1, -0.05) is 48.5 Å². The second kappa shape index (κ2) is 7.04. The third-order valence-electron chi connectivity index (χ3n) is 3.52. The maximum atomic E-state index is 5.20. The smallest absolute Gasteiger partial charge is 0.201 e. The molecule has 0 aliphatic heterocycles. The van der Waals surface area contributed by atoms with Crippen LogP contribution in [0.4, 0.5) is 0 Å². The summed E-state index contributed by atoms with van der Waals surface area (Å²) < 4.78 is 2.21. The molecule has 0 saturated heterocycles. The summed E-state index contributed by atoms with van der Waals surface area (Å²) in [7, 11) is 0. The lowest BCUT2D eigenvalue weighted by Gasteiger charge is -2.05. The van der Waals surface area contributed by atoms with Crippen molar-refractivity contribution in [3.8, 4) is 0 Å². The normalized spacial score (nSPS) is 11.0. The van der Waals surface area contributed by atoms with Gasteiger partial charge in [0, 0.05) is 29.2 Å². The summed E-state index contributed by atoms with van der Waals surface area (Å²) in [6.45, 7) is 0.811. The van der Waals surface area contributed by atoms with E-state index in [4.69, 9.17) is 18.1 Å². The van der Waals surface area contributed by atoms with Crippen LogP contribution in [0.5, 0.6) is 0 Å². The van der Waals surface area contributed by atoms with Gasteiger partial charge in [0.05, 0.1) is 6.21 Å². The number of rotatable bonds is 4. The SMILES string of the molecule is NNC(=S)N/N=C/c1cn(Cc2ccccc2)c2ccccc12. The Labute approximate surface area is 139 Å². The zero-order valence-corrected chi connectivity index (χ0v) is 13.3. The van der Waals surface area contributed by atoms with Crippen LogP contribution in [0.25, 0.3) is 10.9 Å². The van der Waals surface area contributed by atoms with Gasteiger partial charge in [0.25, 0.3) is 0 Å². The Morgan fingerprint density at radius 1 is 1.13 bits per heavy atom. The van der Waals surface area contributed by atoms with Crippen LogP contribution in [-0.2, 0) is 6.54 Å². The van der Waals surface area contributed by atoms with Crippen molar-refractivity contribution in [1.82, 2.24) is 15.4 Å². The quantitative estimate of drug-likeness (QED) is 0.298. The van der Waals surface area contributed by atoms with E-state index in [1.807, 2.05) is 30.3 Å². The summed E-state index contributed by atoms with van der Waals surface area (Å²) in [5, 5.41) is 5.52. The molecule has 0 bridgehead atoms. The molecule has 0 fully saturated rings. The molecular formula is C17H17N5S.